The molecule has 0 fully saturated rings. The van der Waals surface area contributed by atoms with Gasteiger partial charge in [0.25, 0.3) is 0 Å². The van der Waals surface area contributed by atoms with Crippen LogP contribution in [0.3, 0.4) is 0 Å². The highest BCUT2D eigenvalue weighted by Crippen LogP contribution is 2.27. The Balaban J connectivity index is 0.00000341. The highest BCUT2D eigenvalue weighted by Gasteiger charge is 2.08. The highest BCUT2D eigenvalue weighted by molar-refractivity contribution is 14.0. The fourth-order valence-corrected chi connectivity index (χ4v) is 3.41. The van der Waals surface area contributed by atoms with Crippen LogP contribution in [0.25, 0.3) is 0 Å². The molecular formula is C24H33IN4O2. The summed E-state index contributed by atoms with van der Waals surface area (Å²) < 4.78 is 10.7. The van der Waals surface area contributed by atoms with Crippen LogP contribution in [0.4, 0.5) is 5.69 Å². The van der Waals surface area contributed by atoms with Crippen molar-refractivity contribution in [3.63, 3.8) is 0 Å². The largest absolute Gasteiger partial charge is 0.493 e. The number of hydrogen-bond acceptors (Lipinski definition) is 4. The molecule has 0 aliphatic carbocycles. The van der Waals surface area contributed by atoms with E-state index in [2.05, 4.69) is 64.9 Å². The van der Waals surface area contributed by atoms with Crippen molar-refractivity contribution in [1.29, 1.82) is 0 Å². The van der Waals surface area contributed by atoms with Crippen molar-refractivity contribution < 1.29 is 9.47 Å². The summed E-state index contributed by atoms with van der Waals surface area (Å²) in [5.74, 6) is 2.32. The minimum atomic E-state index is 0. The monoisotopic (exact) mass is 536 g/mol. The predicted octanol–water partition coefficient (Wildman–Crippen LogP) is 4.00. The molecule has 0 bridgehead atoms. The lowest BCUT2D eigenvalue weighted by Gasteiger charge is -2.18. The molecule has 2 aromatic carbocycles. The fourth-order valence-electron chi connectivity index (χ4n) is 3.41. The first-order chi connectivity index (χ1) is 14.7. The van der Waals surface area contributed by atoms with Crippen LogP contribution in [0.15, 0.2) is 59.6 Å². The molecule has 0 spiro atoms. The number of rotatable bonds is 9. The van der Waals surface area contributed by atoms with Gasteiger partial charge in [-0.2, -0.15) is 0 Å². The maximum Gasteiger partial charge on any atom is 0.191 e. The standard InChI is InChI=1S/C24H32N4O2.HI/c1-4-25-24(26-13-12-19-10-11-22(29-2)23(17-19)30-3)27-18-20-8-7-9-21(16-20)28-14-5-6-15-28;/h5-11,16-17H,4,12-15,18H2,1-3H3,(H2,25,26,27);1H. The minimum Gasteiger partial charge on any atom is -0.493 e. The van der Waals surface area contributed by atoms with Crippen molar-refractivity contribution in [3.05, 3.63) is 65.7 Å². The van der Waals surface area contributed by atoms with E-state index in [0.29, 0.717) is 6.54 Å². The van der Waals surface area contributed by atoms with Gasteiger partial charge in [0.15, 0.2) is 17.5 Å². The third-order valence-electron chi connectivity index (χ3n) is 5.01. The Morgan fingerprint density at radius 2 is 1.74 bits per heavy atom. The van der Waals surface area contributed by atoms with Crippen molar-refractivity contribution >= 4 is 35.6 Å². The number of ether oxygens (including phenoxy) is 2. The van der Waals surface area contributed by atoms with Crippen LogP contribution in [0.2, 0.25) is 0 Å². The average molecular weight is 536 g/mol. The quantitative estimate of drug-likeness (QED) is 0.220. The van der Waals surface area contributed by atoms with Gasteiger partial charge in [0, 0.05) is 31.9 Å². The normalized spacial score (nSPS) is 13.0. The van der Waals surface area contributed by atoms with Crippen molar-refractivity contribution in [2.45, 2.75) is 19.9 Å². The van der Waals surface area contributed by atoms with Crippen LogP contribution in [0, 0.1) is 0 Å². The molecule has 0 atom stereocenters. The number of nitrogens with one attached hydrogen (secondary N) is 2. The van der Waals surface area contributed by atoms with Crippen LogP contribution in [-0.2, 0) is 13.0 Å². The Bertz CT molecular complexity index is 878. The molecule has 2 aromatic rings. The summed E-state index contributed by atoms with van der Waals surface area (Å²) >= 11 is 0. The summed E-state index contributed by atoms with van der Waals surface area (Å²) in [5.41, 5.74) is 3.64. The van der Waals surface area contributed by atoms with E-state index in [1.807, 2.05) is 12.1 Å². The van der Waals surface area contributed by atoms with E-state index in [-0.39, 0.29) is 24.0 Å². The van der Waals surface area contributed by atoms with E-state index in [1.165, 1.54) is 16.8 Å². The summed E-state index contributed by atoms with van der Waals surface area (Å²) in [6, 6.07) is 14.6. The fraction of sp³-hybridized carbons (Fsp3) is 0.375. The van der Waals surface area contributed by atoms with Gasteiger partial charge in [0.05, 0.1) is 20.8 Å². The van der Waals surface area contributed by atoms with Crippen LogP contribution in [0.1, 0.15) is 18.1 Å². The van der Waals surface area contributed by atoms with Crippen molar-refractivity contribution in [1.82, 2.24) is 10.6 Å². The van der Waals surface area contributed by atoms with Crippen molar-refractivity contribution in [3.8, 4) is 11.5 Å². The third-order valence-corrected chi connectivity index (χ3v) is 5.01. The Kier molecular flexibility index (Phi) is 10.5. The maximum absolute atomic E-state index is 5.39. The van der Waals surface area contributed by atoms with Gasteiger partial charge in [-0.15, -0.1) is 24.0 Å². The number of methoxy groups -OCH3 is 2. The highest BCUT2D eigenvalue weighted by atomic mass is 127. The first kappa shape index (κ1) is 24.8. The molecule has 1 aliphatic rings. The molecule has 0 unspecified atom stereocenters. The molecule has 31 heavy (non-hydrogen) atoms. The summed E-state index contributed by atoms with van der Waals surface area (Å²) in [7, 11) is 3.31. The van der Waals surface area contributed by atoms with Gasteiger partial charge < -0.3 is 25.0 Å². The predicted molar refractivity (Wildman–Crippen MR) is 139 cm³/mol. The Hall–Kier alpha value is -2.42. The zero-order valence-electron chi connectivity index (χ0n) is 18.6. The molecule has 0 aromatic heterocycles. The molecule has 3 rings (SSSR count). The number of aliphatic imine (C=N–C) groups is 1. The van der Waals surface area contributed by atoms with Gasteiger partial charge in [-0.3, -0.25) is 0 Å². The minimum absolute atomic E-state index is 0. The molecular weight excluding hydrogens is 503 g/mol. The lowest BCUT2D eigenvalue weighted by molar-refractivity contribution is 0.354. The van der Waals surface area contributed by atoms with Crippen LogP contribution in [-0.4, -0.2) is 46.4 Å². The Labute approximate surface area is 202 Å². The Morgan fingerprint density at radius 3 is 2.45 bits per heavy atom. The smallest absolute Gasteiger partial charge is 0.191 e. The molecule has 1 aliphatic heterocycles. The first-order valence-electron chi connectivity index (χ1n) is 10.5. The number of benzene rings is 2. The van der Waals surface area contributed by atoms with Gasteiger partial charge in [0.2, 0.25) is 0 Å². The number of hydrogen-bond donors (Lipinski definition) is 2. The summed E-state index contributed by atoms with van der Waals surface area (Å²) in [6.07, 6.45) is 5.27. The molecule has 1 heterocycles. The molecule has 6 nitrogen and oxygen atoms in total. The second kappa shape index (κ2) is 13.1. The number of nitrogens with zero attached hydrogens (tertiary/aromatic N) is 2. The van der Waals surface area contributed by atoms with Crippen LogP contribution < -0.4 is 25.0 Å². The maximum atomic E-state index is 5.39. The van der Waals surface area contributed by atoms with E-state index in [0.717, 1.165) is 50.1 Å². The van der Waals surface area contributed by atoms with Crippen LogP contribution in [0.5, 0.6) is 11.5 Å². The number of anilines is 1. The summed E-state index contributed by atoms with van der Waals surface area (Å²) in [6.45, 7) is 6.27. The topological polar surface area (TPSA) is 58.1 Å². The summed E-state index contributed by atoms with van der Waals surface area (Å²) in [5, 5.41) is 6.75. The van der Waals surface area contributed by atoms with Crippen LogP contribution >= 0.6 is 24.0 Å². The number of guanidine groups is 1. The van der Waals surface area contributed by atoms with Gasteiger partial charge >= 0.3 is 0 Å². The molecule has 0 saturated carbocycles. The van der Waals surface area contributed by atoms with E-state index in [4.69, 9.17) is 14.5 Å². The van der Waals surface area contributed by atoms with E-state index < -0.39 is 0 Å². The molecule has 7 heteroatoms. The molecule has 168 valence electrons. The van der Waals surface area contributed by atoms with Gasteiger partial charge in [-0.25, -0.2) is 4.99 Å². The van der Waals surface area contributed by atoms with E-state index in [1.54, 1.807) is 14.2 Å². The average Bonchev–Trinajstić information content (AvgIpc) is 3.32. The Morgan fingerprint density at radius 1 is 0.968 bits per heavy atom. The second-order valence-electron chi connectivity index (χ2n) is 7.11. The van der Waals surface area contributed by atoms with E-state index in [9.17, 15) is 0 Å². The van der Waals surface area contributed by atoms with Crippen molar-refractivity contribution in [2.24, 2.45) is 4.99 Å². The lowest BCUT2D eigenvalue weighted by atomic mass is 10.1. The third kappa shape index (κ3) is 7.34. The first-order valence-corrected chi connectivity index (χ1v) is 10.5. The second-order valence-corrected chi connectivity index (χ2v) is 7.11. The summed E-state index contributed by atoms with van der Waals surface area (Å²) in [4.78, 5) is 7.11. The lowest BCUT2D eigenvalue weighted by Crippen LogP contribution is -2.38. The zero-order chi connectivity index (χ0) is 21.2. The zero-order valence-corrected chi connectivity index (χ0v) is 20.9. The van der Waals surface area contributed by atoms with Gasteiger partial charge in [0.1, 0.15) is 0 Å². The molecule has 2 N–H and O–H groups in total. The van der Waals surface area contributed by atoms with Gasteiger partial charge in [-0.1, -0.05) is 30.4 Å². The van der Waals surface area contributed by atoms with Gasteiger partial charge in [-0.05, 0) is 48.7 Å². The van der Waals surface area contributed by atoms with E-state index >= 15 is 0 Å². The molecule has 0 radical (unpaired) electrons. The number of halogens is 1. The molecule has 0 saturated heterocycles. The molecule has 0 amide bonds. The SMILES string of the molecule is CCNC(=NCc1cccc(N2CC=CC2)c1)NCCc1ccc(OC)c(OC)c1.I. The van der Waals surface area contributed by atoms with Crippen molar-refractivity contribution in [2.75, 3.05) is 45.3 Å².